The Hall–Kier alpha value is -1.85. The van der Waals surface area contributed by atoms with Crippen LogP contribution < -0.4 is 10.2 Å². The van der Waals surface area contributed by atoms with E-state index in [9.17, 15) is 4.79 Å². The lowest BCUT2D eigenvalue weighted by Gasteiger charge is -2.22. The van der Waals surface area contributed by atoms with Crippen LogP contribution in [0.15, 0.2) is 6.07 Å². The third kappa shape index (κ3) is 4.58. The fourth-order valence-corrected chi connectivity index (χ4v) is 2.52. The normalized spacial score (nSPS) is 18.4. The molecule has 1 N–H and O–H groups in total. The minimum atomic E-state index is -0.470. The van der Waals surface area contributed by atoms with Crippen molar-refractivity contribution >= 4 is 11.9 Å². The first-order valence-electron chi connectivity index (χ1n) is 7.86. The number of rotatable bonds is 3. The van der Waals surface area contributed by atoms with Gasteiger partial charge in [-0.3, -0.25) is 0 Å². The first-order valence-corrected chi connectivity index (χ1v) is 7.86. The number of aryl methyl sites for hydroxylation is 2. The summed E-state index contributed by atoms with van der Waals surface area (Å²) in [6.45, 7) is 11.2. The summed E-state index contributed by atoms with van der Waals surface area (Å²) in [4.78, 5) is 22.9. The van der Waals surface area contributed by atoms with E-state index in [4.69, 9.17) is 4.74 Å². The van der Waals surface area contributed by atoms with Crippen molar-refractivity contribution < 1.29 is 9.53 Å². The fraction of sp³-hybridized carbons (Fsp3) is 0.688. The van der Waals surface area contributed by atoms with Crippen LogP contribution >= 0.6 is 0 Å². The van der Waals surface area contributed by atoms with E-state index in [0.717, 1.165) is 43.3 Å². The van der Waals surface area contributed by atoms with Gasteiger partial charge in [0.05, 0.1) is 6.04 Å². The molecule has 6 heteroatoms. The zero-order chi connectivity index (χ0) is 16.3. The zero-order valence-electron chi connectivity index (χ0n) is 14.1. The summed E-state index contributed by atoms with van der Waals surface area (Å²) in [5, 5.41) is 2.93. The average Bonchev–Trinajstić information content (AvgIpc) is 2.84. The maximum Gasteiger partial charge on any atom is 0.407 e. The first-order chi connectivity index (χ1) is 10.3. The number of carbonyl (C=O) groups is 1. The summed E-state index contributed by atoms with van der Waals surface area (Å²) in [6.07, 6.45) is 1.43. The van der Waals surface area contributed by atoms with E-state index in [1.165, 1.54) is 0 Å². The van der Waals surface area contributed by atoms with Gasteiger partial charge in [-0.25, -0.2) is 14.8 Å². The molecule has 6 nitrogen and oxygen atoms in total. The van der Waals surface area contributed by atoms with Gasteiger partial charge in [-0.05, 0) is 40.5 Å². The number of anilines is 1. The molecule has 1 unspecified atom stereocenters. The van der Waals surface area contributed by atoms with Crippen LogP contribution in [0.4, 0.5) is 10.6 Å². The highest BCUT2D eigenvalue weighted by molar-refractivity contribution is 5.68. The second-order valence-corrected chi connectivity index (χ2v) is 6.70. The molecular formula is C16H26N4O2. The largest absolute Gasteiger partial charge is 0.444 e. The summed E-state index contributed by atoms with van der Waals surface area (Å²) >= 11 is 0. The molecule has 1 aliphatic heterocycles. The molecule has 0 aromatic carbocycles. The van der Waals surface area contributed by atoms with Crippen molar-refractivity contribution in [3.63, 3.8) is 0 Å². The number of nitrogens with one attached hydrogen (secondary N) is 1. The number of amides is 1. The quantitative estimate of drug-likeness (QED) is 0.929. The van der Waals surface area contributed by atoms with Gasteiger partial charge in [-0.1, -0.05) is 6.92 Å². The van der Waals surface area contributed by atoms with E-state index < -0.39 is 5.60 Å². The Morgan fingerprint density at radius 1 is 1.45 bits per heavy atom. The van der Waals surface area contributed by atoms with Crippen LogP contribution in [0, 0.1) is 6.92 Å². The van der Waals surface area contributed by atoms with E-state index in [-0.39, 0.29) is 12.1 Å². The molecule has 0 saturated carbocycles. The van der Waals surface area contributed by atoms with Crippen LogP contribution in [0.5, 0.6) is 0 Å². The number of carbonyl (C=O) groups excluding carboxylic acids is 1. The molecule has 0 radical (unpaired) electrons. The van der Waals surface area contributed by atoms with Crippen LogP contribution in [0.3, 0.4) is 0 Å². The number of hydrogen-bond donors (Lipinski definition) is 1. The highest BCUT2D eigenvalue weighted by Gasteiger charge is 2.27. The van der Waals surface area contributed by atoms with Gasteiger partial charge in [-0.15, -0.1) is 0 Å². The standard InChI is InChI=1S/C16H26N4O2/c1-6-12-9-14(18-11(2)17-12)20-8-7-13(10-20)19-15(21)22-16(3,4)5/h9,13H,6-8,10H2,1-5H3,(H,19,21). The Morgan fingerprint density at radius 2 is 2.18 bits per heavy atom. The van der Waals surface area contributed by atoms with Gasteiger partial charge in [0.2, 0.25) is 0 Å². The molecule has 1 fully saturated rings. The van der Waals surface area contributed by atoms with Crippen molar-refractivity contribution in [3.05, 3.63) is 17.6 Å². The van der Waals surface area contributed by atoms with Crippen molar-refractivity contribution in [3.8, 4) is 0 Å². The van der Waals surface area contributed by atoms with Crippen LogP contribution in [0.25, 0.3) is 0 Å². The van der Waals surface area contributed by atoms with Gasteiger partial charge in [0, 0.05) is 24.8 Å². The smallest absolute Gasteiger partial charge is 0.407 e. The summed E-state index contributed by atoms with van der Waals surface area (Å²) < 4.78 is 5.30. The predicted octanol–water partition coefficient (Wildman–Crippen LogP) is 2.45. The van der Waals surface area contributed by atoms with Gasteiger partial charge in [0.15, 0.2) is 0 Å². The Balaban J connectivity index is 1.95. The molecule has 1 saturated heterocycles. The third-order valence-corrected chi connectivity index (χ3v) is 3.47. The molecule has 2 rings (SSSR count). The van der Waals surface area contributed by atoms with Crippen molar-refractivity contribution in [2.45, 2.75) is 59.1 Å². The van der Waals surface area contributed by atoms with Crippen LogP contribution in [-0.2, 0) is 11.2 Å². The van der Waals surface area contributed by atoms with Crippen molar-refractivity contribution in [2.24, 2.45) is 0 Å². The lowest BCUT2D eigenvalue weighted by atomic mass is 10.2. The van der Waals surface area contributed by atoms with Crippen molar-refractivity contribution in [1.29, 1.82) is 0 Å². The summed E-state index contributed by atoms with van der Waals surface area (Å²) in [5.41, 5.74) is 0.577. The summed E-state index contributed by atoms with van der Waals surface area (Å²) in [5.74, 6) is 1.73. The summed E-state index contributed by atoms with van der Waals surface area (Å²) in [6, 6.07) is 2.12. The van der Waals surface area contributed by atoms with Gasteiger partial charge < -0.3 is 15.0 Å². The number of nitrogens with zero attached hydrogens (tertiary/aromatic N) is 3. The second-order valence-electron chi connectivity index (χ2n) is 6.70. The molecule has 0 aliphatic carbocycles. The Kier molecular flexibility index (Phi) is 4.88. The number of ether oxygens (including phenoxy) is 1. The van der Waals surface area contributed by atoms with Gasteiger partial charge in [0.1, 0.15) is 17.2 Å². The molecule has 1 atom stereocenters. The van der Waals surface area contributed by atoms with Gasteiger partial charge in [0.25, 0.3) is 0 Å². The van der Waals surface area contributed by atoms with Gasteiger partial charge >= 0.3 is 6.09 Å². The topological polar surface area (TPSA) is 67.4 Å². The van der Waals surface area contributed by atoms with Crippen LogP contribution in [0.2, 0.25) is 0 Å². The van der Waals surface area contributed by atoms with E-state index in [2.05, 4.69) is 27.1 Å². The zero-order valence-corrected chi connectivity index (χ0v) is 14.1. The van der Waals surface area contributed by atoms with E-state index in [0.29, 0.717) is 0 Å². The molecule has 22 heavy (non-hydrogen) atoms. The Bertz CT molecular complexity index is 539. The molecule has 1 aromatic rings. The minimum Gasteiger partial charge on any atom is -0.444 e. The summed E-state index contributed by atoms with van der Waals surface area (Å²) in [7, 11) is 0. The molecular weight excluding hydrogens is 280 g/mol. The SMILES string of the molecule is CCc1cc(N2CCC(NC(=O)OC(C)(C)C)C2)nc(C)n1. The second kappa shape index (κ2) is 6.50. The lowest BCUT2D eigenvalue weighted by molar-refractivity contribution is 0.0509. The van der Waals surface area contributed by atoms with Crippen molar-refractivity contribution in [2.75, 3.05) is 18.0 Å². The first kappa shape index (κ1) is 16.5. The molecule has 2 heterocycles. The predicted molar refractivity (Wildman–Crippen MR) is 86.1 cm³/mol. The Labute approximate surface area is 132 Å². The molecule has 1 aliphatic rings. The molecule has 1 amide bonds. The monoisotopic (exact) mass is 306 g/mol. The van der Waals surface area contributed by atoms with Crippen LogP contribution in [-0.4, -0.2) is 40.8 Å². The molecule has 122 valence electrons. The van der Waals surface area contributed by atoms with Crippen molar-refractivity contribution in [1.82, 2.24) is 15.3 Å². The highest BCUT2D eigenvalue weighted by atomic mass is 16.6. The fourth-order valence-electron chi connectivity index (χ4n) is 2.52. The molecule has 1 aromatic heterocycles. The minimum absolute atomic E-state index is 0.0928. The highest BCUT2D eigenvalue weighted by Crippen LogP contribution is 2.20. The molecule has 0 bridgehead atoms. The van der Waals surface area contributed by atoms with E-state index >= 15 is 0 Å². The third-order valence-electron chi connectivity index (χ3n) is 3.47. The Morgan fingerprint density at radius 3 is 2.82 bits per heavy atom. The molecule has 0 spiro atoms. The number of alkyl carbamates (subject to hydrolysis) is 1. The maximum atomic E-state index is 11.8. The maximum absolute atomic E-state index is 11.8. The number of aromatic nitrogens is 2. The van der Waals surface area contributed by atoms with E-state index in [1.807, 2.05) is 33.8 Å². The number of hydrogen-bond acceptors (Lipinski definition) is 5. The van der Waals surface area contributed by atoms with Gasteiger partial charge in [-0.2, -0.15) is 0 Å². The van der Waals surface area contributed by atoms with E-state index in [1.54, 1.807) is 0 Å². The average molecular weight is 306 g/mol. The van der Waals surface area contributed by atoms with Crippen LogP contribution in [0.1, 0.15) is 45.6 Å². The lowest BCUT2D eigenvalue weighted by Crippen LogP contribution is -2.40.